The second-order valence-corrected chi connectivity index (χ2v) is 8.61. The Kier molecular flexibility index (Phi) is 6.88. The van der Waals surface area contributed by atoms with Gasteiger partial charge in [0.2, 0.25) is 5.91 Å². The molecule has 1 amide bonds. The minimum Gasteiger partial charge on any atom is -0.371 e. The maximum atomic E-state index is 12.8. The number of pyridine rings is 1. The zero-order valence-electron chi connectivity index (χ0n) is 17.1. The summed E-state index contributed by atoms with van der Waals surface area (Å²) in [4.78, 5) is 18.8. The Morgan fingerprint density at radius 2 is 2.19 bits per heavy atom. The van der Waals surface area contributed by atoms with Crippen LogP contribution in [0.4, 0.5) is 0 Å². The molecule has 2 aliphatic rings. The normalized spacial score (nSPS) is 31.2. The first-order valence-electron chi connectivity index (χ1n) is 10.4. The number of hydrogen-bond acceptors (Lipinski definition) is 4. The standard InChI is InChI=1S/C22H34N2O3/c1-15(2)18-8-7-16(3)12-20(18)27-14-21(25)24(4)19-9-11-26-22(19)17-6-5-10-23-13-17/h5-6,10,13,15-16,18-20,22H,7-9,11-12,14H2,1-4H3/t16?,18?,19-,20?,22+/m0/s1. The molecule has 0 aromatic carbocycles. The van der Waals surface area contributed by atoms with Crippen molar-refractivity contribution in [1.29, 1.82) is 0 Å². The van der Waals surface area contributed by atoms with E-state index in [1.165, 1.54) is 12.8 Å². The van der Waals surface area contributed by atoms with Gasteiger partial charge in [0, 0.05) is 31.6 Å². The van der Waals surface area contributed by atoms with E-state index < -0.39 is 0 Å². The first kappa shape index (κ1) is 20.3. The van der Waals surface area contributed by atoms with Crippen LogP contribution in [0.1, 0.15) is 58.1 Å². The number of aromatic nitrogens is 1. The highest BCUT2D eigenvalue weighted by atomic mass is 16.5. The Bertz CT molecular complexity index is 607. The van der Waals surface area contributed by atoms with Crippen molar-refractivity contribution < 1.29 is 14.3 Å². The van der Waals surface area contributed by atoms with Gasteiger partial charge in [0.15, 0.2) is 0 Å². The van der Waals surface area contributed by atoms with Crippen LogP contribution in [0.5, 0.6) is 0 Å². The van der Waals surface area contributed by atoms with Crippen LogP contribution in [-0.2, 0) is 14.3 Å². The predicted molar refractivity (Wildman–Crippen MR) is 105 cm³/mol. The minimum absolute atomic E-state index is 0.0384. The van der Waals surface area contributed by atoms with Crippen LogP contribution >= 0.6 is 0 Å². The lowest BCUT2D eigenvalue weighted by Crippen LogP contribution is -2.43. The highest BCUT2D eigenvalue weighted by molar-refractivity contribution is 5.77. The highest BCUT2D eigenvalue weighted by Gasteiger charge is 2.36. The van der Waals surface area contributed by atoms with Crippen molar-refractivity contribution in [3.05, 3.63) is 30.1 Å². The summed E-state index contributed by atoms with van der Waals surface area (Å²) in [6, 6.07) is 3.97. The summed E-state index contributed by atoms with van der Waals surface area (Å²) in [5.74, 6) is 1.86. The first-order chi connectivity index (χ1) is 13.0. The summed E-state index contributed by atoms with van der Waals surface area (Å²) in [5, 5.41) is 0. The fraction of sp³-hybridized carbons (Fsp3) is 0.727. The third-order valence-electron chi connectivity index (χ3n) is 6.35. The van der Waals surface area contributed by atoms with E-state index in [2.05, 4.69) is 25.8 Å². The molecule has 0 radical (unpaired) electrons. The quantitative estimate of drug-likeness (QED) is 0.759. The molecule has 1 aromatic rings. The van der Waals surface area contributed by atoms with Crippen molar-refractivity contribution >= 4 is 5.91 Å². The van der Waals surface area contributed by atoms with Gasteiger partial charge in [0.25, 0.3) is 0 Å². The fourth-order valence-corrected chi connectivity index (χ4v) is 4.61. The number of carbonyl (C=O) groups is 1. The van der Waals surface area contributed by atoms with E-state index in [1.54, 1.807) is 6.20 Å². The molecule has 5 nitrogen and oxygen atoms in total. The number of nitrogens with zero attached hydrogens (tertiary/aromatic N) is 2. The Hall–Kier alpha value is -1.46. The molecule has 2 heterocycles. The lowest BCUT2D eigenvalue weighted by atomic mass is 9.75. The number of carbonyl (C=O) groups excluding carboxylic acids is 1. The van der Waals surface area contributed by atoms with Gasteiger partial charge < -0.3 is 14.4 Å². The summed E-state index contributed by atoms with van der Waals surface area (Å²) in [6.07, 6.45) is 8.05. The van der Waals surface area contributed by atoms with E-state index in [9.17, 15) is 4.79 Å². The molecule has 3 unspecified atom stereocenters. The predicted octanol–water partition coefficient (Wildman–Crippen LogP) is 3.85. The van der Waals surface area contributed by atoms with Crippen molar-refractivity contribution in [3.63, 3.8) is 0 Å². The molecule has 5 atom stereocenters. The topological polar surface area (TPSA) is 51.7 Å². The maximum Gasteiger partial charge on any atom is 0.248 e. The highest BCUT2D eigenvalue weighted by Crippen LogP contribution is 2.36. The molecule has 2 fully saturated rings. The van der Waals surface area contributed by atoms with Crippen LogP contribution in [-0.4, -0.2) is 48.2 Å². The molecule has 27 heavy (non-hydrogen) atoms. The van der Waals surface area contributed by atoms with E-state index in [1.807, 2.05) is 30.3 Å². The first-order valence-corrected chi connectivity index (χ1v) is 10.4. The third kappa shape index (κ3) is 4.88. The smallest absolute Gasteiger partial charge is 0.248 e. The van der Waals surface area contributed by atoms with E-state index in [0.717, 1.165) is 18.4 Å². The molecule has 3 rings (SSSR count). The molecule has 0 N–H and O–H groups in total. The third-order valence-corrected chi connectivity index (χ3v) is 6.35. The lowest BCUT2D eigenvalue weighted by molar-refractivity contribution is -0.143. The van der Waals surface area contributed by atoms with E-state index in [-0.39, 0.29) is 30.8 Å². The van der Waals surface area contributed by atoms with Crippen molar-refractivity contribution in [2.45, 2.75) is 64.7 Å². The van der Waals surface area contributed by atoms with Crippen LogP contribution in [0, 0.1) is 17.8 Å². The number of rotatable bonds is 6. The van der Waals surface area contributed by atoms with E-state index in [0.29, 0.717) is 24.4 Å². The summed E-state index contributed by atoms with van der Waals surface area (Å²) < 4.78 is 12.1. The Morgan fingerprint density at radius 1 is 1.37 bits per heavy atom. The van der Waals surface area contributed by atoms with Gasteiger partial charge in [-0.1, -0.05) is 33.3 Å². The van der Waals surface area contributed by atoms with Crippen molar-refractivity contribution in [1.82, 2.24) is 9.88 Å². The zero-order chi connectivity index (χ0) is 19.4. The van der Waals surface area contributed by atoms with Crippen molar-refractivity contribution in [2.75, 3.05) is 20.3 Å². The molecule has 0 bridgehead atoms. The molecule has 0 spiro atoms. The second-order valence-electron chi connectivity index (χ2n) is 8.61. The van der Waals surface area contributed by atoms with E-state index in [4.69, 9.17) is 9.47 Å². The average molecular weight is 375 g/mol. The maximum absolute atomic E-state index is 12.8. The van der Waals surface area contributed by atoms with Gasteiger partial charge in [-0.2, -0.15) is 0 Å². The van der Waals surface area contributed by atoms with Gasteiger partial charge >= 0.3 is 0 Å². The van der Waals surface area contributed by atoms with Gasteiger partial charge in [0.05, 0.1) is 12.1 Å². The van der Waals surface area contributed by atoms with Crippen LogP contribution in [0.15, 0.2) is 24.5 Å². The molecular formula is C22H34N2O3. The number of amides is 1. The van der Waals surface area contributed by atoms with Crippen LogP contribution in [0.3, 0.4) is 0 Å². The molecule has 5 heteroatoms. The Labute approximate surface area is 163 Å². The summed E-state index contributed by atoms with van der Waals surface area (Å²) in [7, 11) is 1.87. The fourth-order valence-electron chi connectivity index (χ4n) is 4.61. The Balaban J connectivity index is 1.58. The second kappa shape index (κ2) is 9.16. The molecule has 1 saturated heterocycles. The number of hydrogen-bond donors (Lipinski definition) is 0. The molecule has 1 aliphatic heterocycles. The van der Waals surface area contributed by atoms with Crippen LogP contribution in [0.25, 0.3) is 0 Å². The van der Waals surface area contributed by atoms with Gasteiger partial charge in [0.1, 0.15) is 12.7 Å². The minimum atomic E-state index is -0.106. The molecule has 1 aliphatic carbocycles. The molecular weight excluding hydrogens is 340 g/mol. The van der Waals surface area contributed by atoms with Gasteiger partial charge in [-0.05, 0) is 43.1 Å². The summed E-state index contributed by atoms with van der Waals surface area (Å²) >= 11 is 0. The average Bonchev–Trinajstić information content (AvgIpc) is 3.15. The molecule has 1 aromatic heterocycles. The molecule has 150 valence electrons. The van der Waals surface area contributed by atoms with E-state index >= 15 is 0 Å². The monoisotopic (exact) mass is 374 g/mol. The molecule has 1 saturated carbocycles. The zero-order valence-corrected chi connectivity index (χ0v) is 17.1. The van der Waals surface area contributed by atoms with Crippen LogP contribution < -0.4 is 0 Å². The van der Waals surface area contributed by atoms with Gasteiger partial charge in [-0.3, -0.25) is 9.78 Å². The SMILES string of the molecule is CC1CCC(C(C)C)C(OCC(=O)N(C)[C@H]2CCO[C@@H]2c2cccnc2)C1. The summed E-state index contributed by atoms with van der Waals surface area (Å²) in [6.45, 7) is 7.64. The van der Waals surface area contributed by atoms with Crippen molar-refractivity contribution in [3.8, 4) is 0 Å². The van der Waals surface area contributed by atoms with Gasteiger partial charge in [-0.15, -0.1) is 0 Å². The number of ether oxygens (including phenoxy) is 2. The Morgan fingerprint density at radius 3 is 2.89 bits per heavy atom. The number of likely N-dealkylation sites (N-methyl/N-ethyl adjacent to an activating group) is 1. The lowest BCUT2D eigenvalue weighted by Gasteiger charge is -2.37. The summed E-state index contributed by atoms with van der Waals surface area (Å²) in [5.41, 5.74) is 1.03. The van der Waals surface area contributed by atoms with Crippen LogP contribution in [0.2, 0.25) is 0 Å². The van der Waals surface area contributed by atoms with Crippen molar-refractivity contribution in [2.24, 2.45) is 17.8 Å². The largest absolute Gasteiger partial charge is 0.371 e. The van der Waals surface area contributed by atoms with Gasteiger partial charge in [-0.25, -0.2) is 0 Å².